The third-order valence-corrected chi connectivity index (χ3v) is 6.70. The first kappa shape index (κ1) is 27.8. The van der Waals surface area contributed by atoms with Gasteiger partial charge in [0, 0.05) is 32.0 Å². The summed E-state index contributed by atoms with van der Waals surface area (Å²) < 4.78 is 43.6. The smallest absolute Gasteiger partial charge is 0.405 e. The fourth-order valence-corrected chi connectivity index (χ4v) is 4.77. The maximum Gasteiger partial charge on any atom is 0.573 e. The van der Waals surface area contributed by atoms with Crippen molar-refractivity contribution in [1.29, 1.82) is 0 Å². The van der Waals surface area contributed by atoms with Crippen molar-refractivity contribution >= 4 is 23.3 Å². The molecule has 1 fully saturated rings. The first-order chi connectivity index (χ1) is 19.7. The van der Waals surface area contributed by atoms with E-state index in [1.165, 1.54) is 12.3 Å². The second-order valence-corrected chi connectivity index (χ2v) is 9.50. The second-order valence-electron chi connectivity index (χ2n) is 9.50. The molecular weight excluding hydrogens is 535 g/mol. The van der Waals surface area contributed by atoms with Gasteiger partial charge in [0.25, 0.3) is 5.91 Å². The number of aromatic nitrogens is 2. The SMILES string of the molecule is Cc1c(-c2ccccc2)ccc(OC(F)(F)F)c1C(=O)Nc1ccc(N2CCN(Cc3ccncc3)CC2=O)nc1. The van der Waals surface area contributed by atoms with Crippen molar-refractivity contribution in [2.45, 2.75) is 19.8 Å². The topological polar surface area (TPSA) is 87.7 Å². The summed E-state index contributed by atoms with van der Waals surface area (Å²) in [7, 11) is 0. The third kappa shape index (κ3) is 6.69. The molecule has 3 heterocycles. The molecule has 11 heteroatoms. The lowest BCUT2D eigenvalue weighted by Gasteiger charge is -2.33. The Hall–Kier alpha value is -4.77. The molecule has 210 valence electrons. The minimum Gasteiger partial charge on any atom is -0.405 e. The first-order valence-electron chi connectivity index (χ1n) is 12.8. The van der Waals surface area contributed by atoms with Crippen LogP contribution in [-0.4, -0.2) is 52.7 Å². The Labute approximate surface area is 234 Å². The van der Waals surface area contributed by atoms with Crippen LogP contribution in [0.15, 0.2) is 85.3 Å². The Morgan fingerprint density at radius 2 is 1.76 bits per heavy atom. The number of hydrogen-bond acceptors (Lipinski definition) is 6. The number of rotatable bonds is 7. The fourth-order valence-electron chi connectivity index (χ4n) is 4.77. The molecule has 0 unspecified atom stereocenters. The number of carbonyl (C=O) groups excluding carboxylic acids is 2. The van der Waals surface area contributed by atoms with Crippen LogP contribution in [0.3, 0.4) is 0 Å². The van der Waals surface area contributed by atoms with Crippen LogP contribution in [0.5, 0.6) is 5.75 Å². The Balaban J connectivity index is 1.31. The predicted octanol–water partition coefficient (Wildman–Crippen LogP) is 5.45. The van der Waals surface area contributed by atoms with Crippen molar-refractivity contribution in [1.82, 2.24) is 14.9 Å². The quantitative estimate of drug-likeness (QED) is 0.323. The molecule has 1 aliphatic rings. The number of amides is 2. The summed E-state index contributed by atoms with van der Waals surface area (Å²) >= 11 is 0. The van der Waals surface area contributed by atoms with Crippen molar-refractivity contribution in [3.8, 4) is 16.9 Å². The van der Waals surface area contributed by atoms with Gasteiger partial charge in [-0.15, -0.1) is 13.2 Å². The van der Waals surface area contributed by atoms with E-state index in [0.29, 0.717) is 36.6 Å². The van der Waals surface area contributed by atoms with Crippen molar-refractivity contribution in [3.63, 3.8) is 0 Å². The van der Waals surface area contributed by atoms with E-state index in [9.17, 15) is 22.8 Å². The minimum absolute atomic E-state index is 0.114. The highest BCUT2D eigenvalue weighted by Gasteiger charge is 2.34. The number of pyridine rings is 2. The van der Waals surface area contributed by atoms with E-state index in [1.807, 2.05) is 23.1 Å². The number of benzene rings is 2. The fraction of sp³-hybridized carbons (Fsp3) is 0.200. The molecule has 2 amide bonds. The summed E-state index contributed by atoms with van der Waals surface area (Å²) in [6.45, 7) is 3.51. The van der Waals surface area contributed by atoms with Crippen LogP contribution in [0.4, 0.5) is 24.7 Å². The van der Waals surface area contributed by atoms with Crippen molar-refractivity contribution < 1.29 is 27.5 Å². The molecule has 0 bridgehead atoms. The highest BCUT2D eigenvalue weighted by atomic mass is 19.4. The number of halogens is 3. The predicted molar refractivity (Wildman–Crippen MR) is 147 cm³/mol. The summed E-state index contributed by atoms with van der Waals surface area (Å²) in [5.74, 6) is -1.08. The van der Waals surface area contributed by atoms with Crippen molar-refractivity contribution in [2.24, 2.45) is 0 Å². The number of anilines is 2. The lowest BCUT2D eigenvalue weighted by Crippen LogP contribution is -2.50. The molecule has 2 aromatic carbocycles. The molecule has 2 aromatic heterocycles. The molecule has 0 spiro atoms. The minimum atomic E-state index is -4.98. The Kier molecular flexibility index (Phi) is 7.97. The summed E-state index contributed by atoms with van der Waals surface area (Å²) in [5.41, 5.74) is 2.75. The van der Waals surface area contributed by atoms with E-state index in [0.717, 1.165) is 17.2 Å². The monoisotopic (exact) mass is 561 g/mol. The number of hydrogen-bond donors (Lipinski definition) is 1. The van der Waals surface area contributed by atoms with Crippen LogP contribution >= 0.6 is 0 Å². The van der Waals surface area contributed by atoms with Gasteiger partial charge in [0.1, 0.15) is 11.6 Å². The highest BCUT2D eigenvalue weighted by Crippen LogP contribution is 2.35. The Morgan fingerprint density at radius 1 is 1.00 bits per heavy atom. The van der Waals surface area contributed by atoms with Gasteiger partial charge in [-0.25, -0.2) is 4.98 Å². The van der Waals surface area contributed by atoms with E-state index in [2.05, 4.69) is 20.0 Å². The molecule has 4 aromatic rings. The lowest BCUT2D eigenvalue weighted by atomic mass is 9.95. The number of nitrogens with one attached hydrogen (secondary N) is 1. The van der Waals surface area contributed by atoms with Gasteiger partial charge >= 0.3 is 6.36 Å². The lowest BCUT2D eigenvalue weighted by molar-refractivity contribution is -0.274. The van der Waals surface area contributed by atoms with Gasteiger partial charge in [-0.3, -0.25) is 24.4 Å². The second kappa shape index (κ2) is 11.8. The van der Waals surface area contributed by atoms with E-state index in [-0.39, 0.29) is 23.7 Å². The van der Waals surface area contributed by atoms with Gasteiger partial charge in [0.05, 0.1) is 24.0 Å². The van der Waals surface area contributed by atoms with Crippen LogP contribution < -0.4 is 15.0 Å². The molecule has 0 atom stereocenters. The van der Waals surface area contributed by atoms with Crippen LogP contribution in [0.25, 0.3) is 11.1 Å². The van der Waals surface area contributed by atoms with Crippen molar-refractivity contribution in [2.75, 3.05) is 29.9 Å². The molecule has 0 saturated carbocycles. The van der Waals surface area contributed by atoms with E-state index < -0.39 is 18.0 Å². The number of alkyl halides is 3. The number of nitrogens with zero attached hydrogens (tertiary/aromatic N) is 4. The molecular formula is C30H26F3N5O3. The van der Waals surface area contributed by atoms with Crippen LogP contribution in [0, 0.1) is 6.92 Å². The van der Waals surface area contributed by atoms with E-state index >= 15 is 0 Å². The van der Waals surface area contributed by atoms with E-state index in [1.54, 1.807) is 60.6 Å². The van der Waals surface area contributed by atoms with E-state index in [4.69, 9.17) is 0 Å². The van der Waals surface area contributed by atoms with Gasteiger partial charge in [-0.05, 0) is 59.5 Å². The van der Waals surface area contributed by atoms with Crippen LogP contribution in [0.1, 0.15) is 21.5 Å². The number of carbonyl (C=O) groups is 2. The standard InChI is InChI=1S/C30H26F3N5O3/c1-20-24(22-5-3-2-4-6-22)8-9-25(41-30(31,32)33)28(20)29(40)36-23-7-10-26(35-17-23)38-16-15-37(19-27(38)39)18-21-11-13-34-14-12-21/h2-14,17H,15-16,18-19H2,1H3,(H,36,40). The summed E-state index contributed by atoms with van der Waals surface area (Å²) in [5, 5.41) is 2.61. The molecule has 1 saturated heterocycles. The molecule has 5 rings (SSSR count). The third-order valence-electron chi connectivity index (χ3n) is 6.70. The molecule has 1 N–H and O–H groups in total. The summed E-state index contributed by atoms with van der Waals surface area (Å²) in [6.07, 6.45) is -0.190. The average Bonchev–Trinajstić information content (AvgIpc) is 2.94. The summed E-state index contributed by atoms with van der Waals surface area (Å²) in [4.78, 5) is 38.1. The Bertz CT molecular complexity index is 1530. The maximum atomic E-state index is 13.3. The van der Waals surface area contributed by atoms with Gasteiger partial charge in [0.15, 0.2) is 0 Å². The van der Waals surface area contributed by atoms with Gasteiger partial charge in [0.2, 0.25) is 5.91 Å². The highest BCUT2D eigenvalue weighted by molar-refractivity contribution is 6.08. The zero-order valence-corrected chi connectivity index (χ0v) is 22.1. The summed E-state index contributed by atoms with van der Waals surface area (Å²) in [6, 6.07) is 18.6. The maximum absolute atomic E-state index is 13.3. The average molecular weight is 562 g/mol. The first-order valence-corrected chi connectivity index (χ1v) is 12.8. The zero-order chi connectivity index (χ0) is 29.0. The van der Waals surface area contributed by atoms with Gasteiger partial charge in [-0.1, -0.05) is 36.4 Å². The normalized spacial score (nSPS) is 14.1. The number of ether oxygens (including phenoxy) is 1. The van der Waals surface area contributed by atoms with Crippen LogP contribution in [-0.2, 0) is 11.3 Å². The molecule has 0 aliphatic carbocycles. The molecule has 41 heavy (non-hydrogen) atoms. The van der Waals surface area contributed by atoms with Gasteiger partial charge in [-0.2, -0.15) is 0 Å². The molecule has 8 nitrogen and oxygen atoms in total. The Morgan fingerprint density at radius 3 is 2.41 bits per heavy atom. The molecule has 0 radical (unpaired) electrons. The van der Waals surface area contributed by atoms with Gasteiger partial charge < -0.3 is 10.1 Å². The molecule has 1 aliphatic heterocycles. The largest absolute Gasteiger partial charge is 0.573 e. The zero-order valence-electron chi connectivity index (χ0n) is 22.1. The number of piperazine rings is 1. The van der Waals surface area contributed by atoms with Crippen LogP contribution in [0.2, 0.25) is 0 Å². The van der Waals surface area contributed by atoms with Crippen molar-refractivity contribution in [3.05, 3.63) is 102 Å².